The van der Waals surface area contributed by atoms with Crippen molar-refractivity contribution >= 4 is 39.8 Å². The number of rotatable bonds is 10. The number of ether oxygens (including phenoxy) is 3. The van der Waals surface area contributed by atoms with E-state index in [4.69, 9.17) is 19.6 Å². The van der Waals surface area contributed by atoms with Gasteiger partial charge in [-0.25, -0.2) is 0 Å². The van der Waals surface area contributed by atoms with E-state index in [0.29, 0.717) is 37.3 Å². The Bertz CT molecular complexity index is 1140. The van der Waals surface area contributed by atoms with Gasteiger partial charge in [0.15, 0.2) is 5.84 Å². The van der Waals surface area contributed by atoms with Crippen LogP contribution in [0.2, 0.25) is 0 Å². The molecule has 0 aliphatic carbocycles. The van der Waals surface area contributed by atoms with E-state index in [-0.39, 0.29) is 11.4 Å². The predicted octanol–water partition coefficient (Wildman–Crippen LogP) is 4.50. The fraction of sp³-hybridized carbons (Fsp3) is 0.280. The first-order chi connectivity index (χ1) is 16.5. The van der Waals surface area contributed by atoms with Crippen LogP contribution in [0.4, 0.5) is 0 Å². The lowest BCUT2D eigenvalue weighted by Gasteiger charge is -2.20. The molecule has 2 heterocycles. The zero-order chi connectivity index (χ0) is 23.9. The van der Waals surface area contributed by atoms with Crippen LogP contribution in [0, 0.1) is 12.3 Å². The van der Waals surface area contributed by atoms with Crippen LogP contribution in [0.1, 0.15) is 24.5 Å². The Labute approximate surface area is 202 Å². The van der Waals surface area contributed by atoms with E-state index in [9.17, 15) is 4.79 Å². The second-order valence-electron chi connectivity index (χ2n) is 7.56. The molecule has 0 spiro atoms. The summed E-state index contributed by atoms with van der Waals surface area (Å²) in [4.78, 5) is 16.5. The molecule has 0 aromatic heterocycles. The molecule has 0 unspecified atom stereocenters. The molecule has 0 radical (unpaired) electrons. The molecule has 2 aliphatic heterocycles. The highest BCUT2D eigenvalue weighted by Crippen LogP contribution is 2.29. The first-order valence-electron chi connectivity index (χ1n) is 11.0. The van der Waals surface area contributed by atoms with Crippen LogP contribution in [0.5, 0.6) is 11.5 Å². The largest absolute Gasteiger partial charge is 0.491 e. The molecule has 0 bridgehead atoms. The van der Waals surface area contributed by atoms with Crippen molar-refractivity contribution in [1.29, 1.82) is 5.41 Å². The van der Waals surface area contributed by atoms with Gasteiger partial charge in [-0.3, -0.25) is 10.2 Å². The van der Waals surface area contributed by atoms with Crippen LogP contribution in [0.25, 0.3) is 6.08 Å². The van der Waals surface area contributed by atoms with Crippen LogP contribution in [0.15, 0.2) is 64.2 Å². The number of hydrogen-bond acceptors (Lipinski definition) is 7. The maximum Gasteiger partial charge on any atom is 0.283 e. The van der Waals surface area contributed by atoms with Crippen molar-refractivity contribution in [3.05, 3.63) is 65.2 Å². The average molecular weight is 479 g/mol. The van der Waals surface area contributed by atoms with Crippen molar-refractivity contribution < 1.29 is 19.0 Å². The van der Waals surface area contributed by atoms with Gasteiger partial charge in [-0.1, -0.05) is 36.8 Å². The number of nitrogens with one attached hydrogen (secondary N) is 1. The maximum atomic E-state index is 12.4. The lowest BCUT2D eigenvalue weighted by molar-refractivity contribution is -0.114. The van der Waals surface area contributed by atoms with Crippen molar-refractivity contribution in [1.82, 2.24) is 5.01 Å². The van der Waals surface area contributed by atoms with Gasteiger partial charge in [-0.05, 0) is 61.0 Å². The van der Waals surface area contributed by atoms with Gasteiger partial charge >= 0.3 is 0 Å². The summed E-state index contributed by atoms with van der Waals surface area (Å²) in [5, 5.41) is 15.4. The Hall–Kier alpha value is -3.43. The highest BCUT2D eigenvalue weighted by atomic mass is 32.2. The molecule has 2 aromatic carbocycles. The SMILES string of the molecule is CCC1=NN2C(=N)/C(=C\c3ccc(OCCOCCOc4ccc(C)cc4)cc3)C(=O)N=C2S1. The van der Waals surface area contributed by atoms with E-state index in [1.54, 1.807) is 6.08 Å². The summed E-state index contributed by atoms with van der Waals surface area (Å²) in [6, 6.07) is 15.2. The van der Waals surface area contributed by atoms with Gasteiger partial charge in [0.1, 0.15) is 29.8 Å². The summed E-state index contributed by atoms with van der Waals surface area (Å²) in [5.74, 6) is 1.13. The van der Waals surface area contributed by atoms with E-state index < -0.39 is 5.91 Å². The molecule has 34 heavy (non-hydrogen) atoms. The Morgan fingerprint density at radius 2 is 1.59 bits per heavy atom. The third kappa shape index (κ3) is 5.92. The number of amides is 1. The number of nitrogens with zero attached hydrogens (tertiary/aromatic N) is 3. The third-order valence-electron chi connectivity index (χ3n) is 5.00. The van der Waals surface area contributed by atoms with Gasteiger partial charge < -0.3 is 14.2 Å². The number of thioether (sulfide) groups is 1. The smallest absolute Gasteiger partial charge is 0.283 e. The molecule has 0 fully saturated rings. The fourth-order valence-electron chi connectivity index (χ4n) is 3.17. The second-order valence-corrected chi connectivity index (χ2v) is 8.60. The third-order valence-corrected chi connectivity index (χ3v) is 6.06. The van der Waals surface area contributed by atoms with Gasteiger partial charge in [0.25, 0.3) is 5.91 Å². The maximum absolute atomic E-state index is 12.4. The Morgan fingerprint density at radius 3 is 2.21 bits per heavy atom. The summed E-state index contributed by atoms with van der Waals surface area (Å²) in [6.07, 6.45) is 2.38. The predicted molar refractivity (Wildman–Crippen MR) is 135 cm³/mol. The molecule has 176 valence electrons. The van der Waals surface area contributed by atoms with Gasteiger partial charge in [0, 0.05) is 0 Å². The molecule has 1 N–H and O–H groups in total. The quantitative estimate of drug-likeness (QED) is 0.399. The van der Waals surface area contributed by atoms with Gasteiger partial charge in [0.05, 0.1) is 18.8 Å². The van der Waals surface area contributed by atoms with Gasteiger partial charge in [-0.15, -0.1) is 0 Å². The monoisotopic (exact) mass is 478 g/mol. The zero-order valence-electron chi connectivity index (χ0n) is 19.1. The summed E-state index contributed by atoms with van der Waals surface area (Å²) in [5.41, 5.74) is 2.18. The van der Waals surface area contributed by atoms with Gasteiger partial charge in [-0.2, -0.15) is 15.1 Å². The molecular weight excluding hydrogens is 452 g/mol. The lowest BCUT2D eigenvalue weighted by Crippen LogP contribution is -2.35. The summed E-state index contributed by atoms with van der Waals surface area (Å²) < 4.78 is 16.9. The molecule has 9 heteroatoms. The van der Waals surface area contributed by atoms with E-state index in [2.05, 4.69) is 10.1 Å². The summed E-state index contributed by atoms with van der Waals surface area (Å²) >= 11 is 1.33. The van der Waals surface area contributed by atoms with E-state index >= 15 is 0 Å². The Balaban J connectivity index is 1.21. The molecule has 8 nitrogen and oxygen atoms in total. The average Bonchev–Trinajstić information content (AvgIpc) is 3.26. The Morgan fingerprint density at radius 1 is 0.971 bits per heavy atom. The number of amidine groups is 2. The Kier molecular flexibility index (Phi) is 7.76. The van der Waals surface area contributed by atoms with Crippen LogP contribution < -0.4 is 9.47 Å². The number of carbonyl (C=O) groups is 1. The molecule has 2 aliphatic rings. The van der Waals surface area contributed by atoms with Crippen molar-refractivity contribution in [2.45, 2.75) is 20.3 Å². The fourth-order valence-corrected chi connectivity index (χ4v) is 4.00. The van der Waals surface area contributed by atoms with E-state index in [0.717, 1.165) is 22.8 Å². The molecule has 1 amide bonds. The molecule has 0 saturated heterocycles. The van der Waals surface area contributed by atoms with E-state index in [1.807, 2.05) is 62.4 Å². The molecular formula is C25H26N4O4S. The zero-order valence-corrected chi connectivity index (χ0v) is 19.9. The minimum atomic E-state index is -0.430. The summed E-state index contributed by atoms with van der Waals surface area (Å²) in [7, 11) is 0. The molecule has 2 aromatic rings. The number of fused-ring (bicyclic) bond motifs is 1. The van der Waals surface area contributed by atoms with Crippen molar-refractivity contribution in [2.75, 3.05) is 26.4 Å². The first-order valence-corrected chi connectivity index (χ1v) is 11.8. The molecule has 4 rings (SSSR count). The van der Waals surface area contributed by atoms with Crippen molar-refractivity contribution in [3.63, 3.8) is 0 Å². The first kappa shape index (κ1) is 23.7. The van der Waals surface area contributed by atoms with Crippen LogP contribution in [0.3, 0.4) is 0 Å². The minimum Gasteiger partial charge on any atom is -0.491 e. The number of hydrazone groups is 1. The topological polar surface area (TPSA) is 96.6 Å². The van der Waals surface area contributed by atoms with Crippen LogP contribution >= 0.6 is 11.8 Å². The van der Waals surface area contributed by atoms with Crippen LogP contribution in [-0.2, 0) is 9.53 Å². The number of hydrogen-bond donors (Lipinski definition) is 1. The van der Waals surface area contributed by atoms with E-state index in [1.165, 1.54) is 22.3 Å². The van der Waals surface area contributed by atoms with Gasteiger partial charge in [0.2, 0.25) is 5.17 Å². The summed E-state index contributed by atoms with van der Waals surface area (Å²) in [6.45, 7) is 5.83. The number of aliphatic imine (C=N–C) groups is 1. The minimum absolute atomic E-state index is 0.0368. The highest BCUT2D eigenvalue weighted by Gasteiger charge is 2.34. The molecule has 0 saturated carbocycles. The highest BCUT2D eigenvalue weighted by molar-refractivity contribution is 8.26. The number of carbonyl (C=O) groups excluding carboxylic acids is 1. The number of aryl methyl sites for hydroxylation is 1. The number of benzene rings is 2. The van der Waals surface area contributed by atoms with Crippen LogP contribution in [-0.4, -0.2) is 53.4 Å². The lowest BCUT2D eigenvalue weighted by atomic mass is 10.1. The molecule has 0 atom stereocenters. The van der Waals surface area contributed by atoms with Crippen molar-refractivity contribution in [2.24, 2.45) is 10.1 Å². The van der Waals surface area contributed by atoms with Crippen molar-refractivity contribution in [3.8, 4) is 11.5 Å². The normalized spacial score (nSPS) is 16.4. The second kappa shape index (κ2) is 11.1. The standard InChI is InChI=1S/C25H26N4O4S/c1-3-22-28-29-23(26)21(24(30)27-25(29)34-22)16-18-6-10-20(11-7-18)33-15-13-31-12-14-32-19-8-4-17(2)5-9-19/h4-11,16,26H,3,12-15H2,1-2H3/b21-16+,26-23?.